The van der Waals surface area contributed by atoms with Crippen molar-refractivity contribution in [2.24, 2.45) is 0 Å². The lowest BCUT2D eigenvalue weighted by atomic mass is 10.1. The monoisotopic (exact) mass is 251 g/mol. The third kappa shape index (κ3) is 3.21. The molecule has 2 rings (SSSR count). The number of hydrogen-bond donors (Lipinski definition) is 2. The smallest absolute Gasteiger partial charge is 0.276 e. The summed E-state index contributed by atoms with van der Waals surface area (Å²) in [7, 11) is 0. The fraction of sp³-hybridized carbons (Fsp3) is 0.273. The van der Waals surface area contributed by atoms with Gasteiger partial charge in [-0.1, -0.05) is 23.9 Å². The van der Waals surface area contributed by atoms with Crippen LogP contribution in [0.15, 0.2) is 33.9 Å². The molecular weight excluding hydrogens is 238 g/mol. The molecule has 90 valence electrons. The Labute approximate surface area is 103 Å². The zero-order valence-corrected chi connectivity index (χ0v) is 10.1. The van der Waals surface area contributed by atoms with Gasteiger partial charge in [-0.05, 0) is 17.7 Å². The molecule has 0 amide bonds. The highest BCUT2D eigenvalue weighted by Gasteiger charge is 2.11. The van der Waals surface area contributed by atoms with Gasteiger partial charge in [0, 0.05) is 18.4 Å². The molecule has 3 N–H and O–H groups in total. The molecule has 0 fully saturated rings. The predicted octanol–water partition coefficient (Wildman–Crippen LogP) is 1.79. The molecule has 1 aromatic heterocycles. The molecule has 1 aromatic carbocycles. The van der Waals surface area contributed by atoms with Crippen molar-refractivity contribution >= 4 is 17.4 Å². The summed E-state index contributed by atoms with van der Waals surface area (Å²) >= 11 is 1.32. The number of rotatable bonds is 4. The van der Waals surface area contributed by atoms with Gasteiger partial charge in [0.15, 0.2) is 0 Å². The van der Waals surface area contributed by atoms with Crippen LogP contribution in [0.1, 0.15) is 17.6 Å². The van der Waals surface area contributed by atoms with Crippen molar-refractivity contribution in [3.63, 3.8) is 0 Å². The molecule has 0 aliphatic carbocycles. The van der Waals surface area contributed by atoms with E-state index in [1.165, 1.54) is 11.8 Å². The van der Waals surface area contributed by atoms with Crippen molar-refractivity contribution in [3.05, 3.63) is 35.7 Å². The number of nitrogens with zero attached hydrogens (tertiary/aromatic N) is 2. The summed E-state index contributed by atoms with van der Waals surface area (Å²) < 4.78 is 5.20. The lowest BCUT2D eigenvalue weighted by Gasteiger charge is -2.09. The van der Waals surface area contributed by atoms with Crippen LogP contribution in [0.2, 0.25) is 0 Å². The summed E-state index contributed by atoms with van der Waals surface area (Å²) in [5.74, 6) is 0.969. The SMILES string of the molecule is Cc1nnc(SCC(O)c2cccc(N)c2)o1. The van der Waals surface area contributed by atoms with Gasteiger partial charge in [0.25, 0.3) is 5.22 Å². The Bertz CT molecular complexity index is 501. The maximum Gasteiger partial charge on any atom is 0.276 e. The predicted molar refractivity (Wildman–Crippen MR) is 65.6 cm³/mol. The number of aliphatic hydroxyl groups excluding tert-OH is 1. The van der Waals surface area contributed by atoms with Crippen LogP contribution in [0, 0.1) is 6.92 Å². The summed E-state index contributed by atoms with van der Waals surface area (Å²) in [4.78, 5) is 0. The number of anilines is 1. The van der Waals surface area contributed by atoms with Crippen LogP contribution in [0.25, 0.3) is 0 Å². The first-order valence-corrected chi connectivity index (χ1v) is 6.10. The van der Waals surface area contributed by atoms with Crippen molar-refractivity contribution in [2.45, 2.75) is 18.3 Å². The quantitative estimate of drug-likeness (QED) is 0.636. The van der Waals surface area contributed by atoms with Crippen LogP contribution in [0.3, 0.4) is 0 Å². The normalized spacial score (nSPS) is 12.6. The van der Waals surface area contributed by atoms with Crippen LogP contribution in [0.5, 0.6) is 0 Å². The number of nitrogen functional groups attached to an aromatic ring is 1. The van der Waals surface area contributed by atoms with Gasteiger partial charge in [-0.25, -0.2) is 0 Å². The second-order valence-electron chi connectivity index (χ2n) is 3.58. The van der Waals surface area contributed by atoms with E-state index in [1.54, 1.807) is 19.1 Å². The molecule has 0 radical (unpaired) electrons. The largest absolute Gasteiger partial charge is 0.416 e. The fourth-order valence-corrected chi connectivity index (χ4v) is 2.12. The zero-order chi connectivity index (χ0) is 12.3. The first kappa shape index (κ1) is 11.9. The first-order chi connectivity index (χ1) is 8.15. The van der Waals surface area contributed by atoms with Crippen molar-refractivity contribution < 1.29 is 9.52 Å². The number of thioether (sulfide) groups is 1. The first-order valence-electron chi connectivity index (χ1n) is 5.11. The van der Waals surface area contributed by atoms with Crippen LogP contribution in [0.4, 0.5) is 5.69 Å². The third-order valence-electron chi connectivity index (χ3n) is 2.17. The standard InChI is InChI=1S/C11H13N3O2S/c1-7-13-14-11(16-7)17-6-10(15)8-3-2-4-9(12)5-8/h2-5,10,15H,6,12H2,1H3. The number of benzene rings is 1. The number of nitrogens with two attached hydrogens (primary N) is 1. The van der Waals surface area contributed by atoms with Gasteiger partial charge in [0.05, 0.1) is 6.10 Å². The summed E-state index contributed by atoms with van der Waals surface area (Å²) in [5.41, 5.74) is 7.07. The molecule has 1 heterocycles. The molecule has 0 saturated carbocycles. The number of aryl methyl sites for hydroxylation is 1. The number of aliphatic hydroxyl groups is 1. The van der Waals surface area contributed by atoms with Crippen molar-refractivity contribution in [2.75, 3.05) is 11.5 Å². The summed E-state index contributed by atoms with van der Waals surface area (Å²) in [6.07, 6.45) is -0.601. The Balaban J connectivity index is 1.95. The average molecular weight is 251 g/mol. The molecule has 0 bridgehead atoms. The van der Waals surface area contributed by atoms with Gasteiger partial charge in [-0.15, -0.1) is 10.2 Å². The van der Waals surface area contributed by atoms with Gasteiger partial charge in [-0.2, -0.15) is 0 Å². The van der Waals surface area contributed by atoms with Crippen LogP contribution in [-0.2, 0) is 0 Å². The van der Waals surface area contributed by atoms with Gasteiger partial charge in [0.1, 0.15) is 0 Å². The van der Waals surface area contributed by atoms with Crippen molar-refractivity contribution in [3.8, 4) is 0 Å². The Morgan fingerprint density at radius 2 is 2.29 bits per heavy atom. The van der Waals surface area contributed by atoms with E-state index >= 15 is 0 Å². The lowest BCUT2D eigenvalue weighted by Crippen LogP contribution is -2.01. The van der Waals surface area contributed by atoms with Gasteiger partial charge >= 0.3 is 0 Å². The second kappa shape index (κ2) is 5.20. The highest BCUT2D eigenvalue weighted by atomic mass is 32.2. The molecule has 0 saturated heterocycles. The molecule has 6 heteroatoms. The molecular formula is C11H13N3O2S. The van der Waals surface area contributed by atoms with E-state index in [-0.39, 0.29) is 0 Å². The molecule has 0 spiro atoms. The minimum absolute atomic E-state index is 0.449. The molecule has 2 aromatic rings. The lowest BCUT2D eigenvalue weighted by molar-refractivity contribution is 0.204. The maximum atomic E-state index is 9.95. The van der Waals surface area contributed by atoms with Gasteiger partial charge in [0.2, 0.25) is 5.89 Å². The molecule has 1 unspecified atom stereocenters. The van der Waals surface area contributed by atoms with Gasteiger partial charge < -0.3 is 15.3 Å². The second-order valence-corrected chi connectivity index (χ2v) is 4.56. The van der Waals surface area contributed by atoms with Crippen LogP contribution < -0.4 is 5.73 Å². The molecule has 0 aliphatic rings. The average Bonchev–Trinajstić information content (AvgIpc) is 2.72. The summed E-state index contributed by atoms with van der Waals surface area (Å²) in [6.45, 7) is 1.73. The van der Waals surface area contributed by atoms with Gasteiger partial charge in [-0.3, -0.25) is 0 Å². The summed E-state index contributed by atoms with van der Waals surface area (Å²) in [6, 6.07) is 7.19. The van der Waals surface area contributed by atoms with E-state index < -0.39 is 6.10 Å². The topological polar surface area (TPSA) is 85.2 Å². The summed E-state index contributed by atoms with van der Waals surface area (Å²) in [5, 5.41) is 18.0. The van der Waals surface area contributed by atoms with E-state index in [0.717, 1.165) is 5.56 Å². The van der Waals surface area contributed by atoms with E-state index in [9.17, 15) is 5.11 Å². The number of aromatic nitrogens is 2. The Morgan fingerprint density at radius 3 is 2.94 bits per heavy atom. The molecule has 0 aliphatic heterocycles. The fourth-order valence-electron chi connectivity index (χ4n) is 1.35. The third-order valence-corrected chi connectivity index (χ3v) is 3.06. The Kier molecular flexibility index (Phi) is 3.65. The van der Waals surface area contributed by atoms with E-state index in [0.29, 0.717) is 22.6 Å². The minimum atomic E-state index is -0.601. The van der Waals surface area contributed by atoms with Crippen molar-refractivity contribution in [1.82, 2.24) is 10.2 Å². The zero-order valence-electron chi connectivity index (χ0n) is 9.33. The minimum Gasteiger partial charge on any atom is -0.416 e. The highest BCUT2D eigenvalue weighted by Crippen LogP contribution is 2.24. The molecule has 1 atom stereocenters. The highest BCUT2D eigenvalue weighted by molar-refractivity contribution is 7.99. The molecule has 17 heavy (non-hydrogen) atoms. The Hall–Kier alpha value is -1.53. The van der Waals surface area contributed by atoms with E-state index in [2.05, 4.69) is 10.2 Å². The molecule has 5 nitrogen and oxygen atoms in total. The van der Waals surface area contributed by atoms with Crippen LogP contribution in [-0.4, -0.2) is 21.1 Å². The maximum absolute atomic E-state index is 9.95. The van der Waals surface area contributed by atoms with E-state index in [4.69, 9.17) is 10.2 Å². The van der Waals surface area contributed by atoms with E-state index in [1.807, 2.05) is 12.1 Å². The van der Waals surface area contributed by atoms with Crippen LogP contribution >= 0.6 is 11.8 Å². The Morgan fingerprint density at radius 1 is 1.47 bits per heavy atom. The number of hydrogen-bond acceptors (Lipinski definition) is 6. The van der Waals surface area contributed by atoms with Crippen molar-refractivity contribution in [1.29, 1.82) is 0 Å².